The summed E-state index contributed by atoms with van der Waals surface area (Å²) in [6.45, 7) is 8.80. The molecule has 2 unspecified atom stereocenters. The first-order valence-corrected chi connectivity index (χ1v) is 16.8. The topological polar surface area (TPSA) is 152 Å². The predicted octanol–water partition coefficient (Wildman–Crippen LogP) is 7.21. The summed E-state index contributed by atoms with van der Waals surface area (Å²) < 4.78 is 0. The Balaban J connectivity index is 0.000000312. The first-order chi connectivity index (χ1) is 23.2. The molecule has 1 fully saturated rings. The predicted molar refractivity (Wildman–Crippen MR) is 196 cm³/mol. The number of carbonyl (C=O) groups excluding carboxylic acids is 2. The van der Waals surface area contributed by atoms with E-state index < -0.39 is 0 Å². The number of allylic oxidation sites excluding steroid dienone is 4. The van der Waals surface area contributed by atoms with Crippen LogP contribution in [0.5, 0.6) is 0 Å². The minimum atomic E-state index is -0.136. The molecule has 0 saturated heterocycles. The SMILES string of the molecule is C/C=C\c1c(CC)cccc1C(C)C.N/C(=C\C=C(/N)NC=O)C1CCCC(c2ccc(NC(=O)Cc3cccc4[nH]ccc34)nn2)C1. The maximum Gasteiger partial charge on any atom is 0.230 e. The second-order valence-corrected chi connectivity index (χ2v) is 12.5. The molecule has 0 spiro atoms. The Morgan fingerprint density at radius 2 is 1.81 bits per heavy atom. The molecule has 2 atom stereocenters. The van der Waals surface area contributed by atoms with Crippen molar-refractivity contribution in [1.29, 1.82) is 0 Å². The zero-order valence-corrected chi connectivity index (χ0v) is 28.5. The lowest BCUT2D eigenvalue weighted by Gasteiger charge is -2.29. The number of carbonyl (C=O) groups is 2. The monoisotopic (exact) mass is 647 g/mol. The van der Waals surface area contributed by atoms with E-state index in [0.29, 0.717) is 18.1 Å². The summed E-state index contributed by atoms with van der Waals surface area (Å²) in [5, 5.41) is 14.9. The van der Waals surface area contributed by atoms with Crippen LogP contribution in [0.15, 0.2) is 90.5 Å². The maximum absolute atomic E-state index is 12.6. The number of benzene rings is 2. The van der Waals surface area contributed by atoms with Crippen LogP contribution in [-0.4, -0.2) is 27.5 Å². The van der Waals surface area contributed by atoms with Gasteiger partial charge in [0.1, 0.15) is 5.82 Å². The van der Waals surface area contributed by atoms with Gasteiger partial charge >= 0.3 is 0 Å². The second kappa shape index (κ2) is 17.7. The third-order valence-corrected chi connectivity index (χ3v) is 8.80. The summed E-state index contributed by atoms with van der Waals surface area (Å²) in [4.78, 5) is 26.2. The van der Waals surface area contributed by atoms with E-state index in [-0.39, 0.29) is 30.0 Å². The summed E-state index contributed by atoms with van der Waals surface area (Å²) in [5.41, 5.74) is 19.8. The molecule has 5 rings (SSSR count). The van der Waals surface area contributed by atoms with Gasteiger partial charge in [-0.25, -0.2) is 0 Å². The lowest BCUT2D eigenvalue weighted by molar-refractivity contribution is -0.115. The van der Waals surface area contributed by atoms with Crippen molar-refractivity contribution in [2.75, 3.05) is 5.32 Å². The number of hydrogen-bond donors (Lipinski definition) is 5. The van der Waals surface area contributed by atoms with Crippen LogP contribution in [0, 0.1) is 5.92 Å². The van der Waals surface area contributed by atoms with Crippen molar-refractivity contribution in [2.24, 2.45) is 17.4 Å². The van der Waals surface area contributed by atoms with E-state index >= 15 is 0 Å². The number of fused-ring (bicyclic) bond motifs is 1. The van der Waals surface area contributed by atoms with Gasteiger partial charge < -0.3 is 27.1 Å². The molecule has 1 saturated carbocycles. The fraction of sp³-hybridized carbons (Fsp3) is 0.333. The number of nitrogens with two attached hydrogens (primary N) is 2. The van der Waals surface area contributed by atoms with Crippen LogP contribution in [0.3, 0.4) is 0 Å². The van der Waals surface area contributed by atoms with Crippen molar-refractivity contribution in [1.82, 2.24) is 20.5 Å². The van der Waals surface area contributed by atoms with Crippen LogP contribution in [0.4, 0.5) is 5.82 Å². The first kappa shape index (κ1) is 35.7. The molecule has 252 valence electrons. The molecule has 0 aliphatic heterocycles. The molecule has 9 nitrogen and oxygen atoms in total. The van der Waals surface area contributed by atoms with Gasteiger partial charge in [-0.15, -0.1) is 5.10 Å². The van der Waals surface area contributed by atoms with Crippen LogP contribution in [-0.2, 0) is 22.4 Å². The van der Waals surface area contributed by atoms with Gasteiger partial charge in [-0.05, 0) is 103 Å². The highest BCUT2D eigenvalue weighted by atomic mass is 16.1. The molecule has 2 aromatic heterocycles. The van der Waals surface area contributed by atoms with E-state index in [1.54, 1.807) is 18.2 Å². The molecule has 0 bridgehead atoms. The Bertz CT molecular complexity index is 1750. The molecule has 7 N–H and O–H groups in total. The maximum atomic E-state index is 12.6. The molecule has 0 radical (unpaired) electrons. The number of nitrogens with one attached hydrogen (secondary N) is 3. The van der Waals surface area contributed by atoms with Gasteiger partial charge in [0.2, 0.25) is 12.3 Å². The molecule has 2 aromatic carbocycles. The van der Waals surface area contributed by atoms with Crippen molar-refractivity contribution >= 4 is 35.1 Å². The zero-order valence-electron chi connectivity index (χ0n) is 28.5. The van der Waals surface area contributed by atoms with Crippen molar-refractivity contribution in [2.45, 2.75) is 78.1 Å². The molecule has 9 heteroatoms. The summed E-state index contributed by atoms with van der Waals surface area (Å²) in [5.74, 6) is 1.60. The van der Waals surface area contributed by atoms with E-state index in [0.717, 1.165) is 60.0 Å². The number of aromatic amines is 1. The standard InChI is InChI=1S/C25H29N7O2.C14H20/c26-20(7-9-23(27)29-15-33)17-4-1-5-18(13-17)21-8-10-24(32-31-21)30-25(34)14-16-3-2-6-22-19(16)11-12-28-22;1-5-8-14-12(6-2)9-7-10-13(14)11(3)4/h2-3,6-12,15,17-18,28H,1,4-5,13-14,26-27H2,(H,29,33)(H,30,32,34);5,7-11H,6H2,1-4H3/b20-7-,23-9+;8-5-. The Morgan fingerprint density at radius 1 is 1.02 bits per heavy atom. The van der Waals surface area contributed by atoms with Crippen LogP contribution in [0.2, 0.25) is 0 Å². The van der Waals surface area contributed by atoms with Crippen molar-refractivity contribution < 1.29 is 9.59 Å². The number of aryl methyl sites for hydroxylation is 1. The number of aromatic nitrogens is 3. The molecule has 1 aliphatic carbocycles. The van der Waals surface area contributed by atoms with Gasteiger partial charge in [-0.3, -0.25) is 9.59 Å². The second-order valence-electron chi connectivity index (χ2n) is 12.5. The molecule has 1 aliphatic rings. The van der Waals surface area contributed by atoms with Crippen molar-refractivity contribution in [3.8, 4) is 0 Å². The number of H-pyrrole nitrogens is 1. The summed E-state index contributed by atoms with van der Waals surface area (Å²) in [7, 11) is 0. The highest BCUT2D eigenvalue weighted by molar-refractivity contribution is 5.95. The quantitative estimate of drug-likeness (QED) is 0.0857. The van der Waals surface area contributed by atoms with Gasteiger partial charge in [-0.2, -0.15) is 5.10 Å². The van der Waals surface area contributed by atoms with Crippen LogP contribution < -0.4 is 22.1 Å². The number of hydrogen-bond acceptors (Lipinski definition) is 6. The van der Waals surface area contributed by atoms with Crippen molar-refractivity contribution in [3.05, 3.63) is 118 Å². The Labute approximate surface area is 284 Å². The Hall–Kier alpha value is -5.18. The molecule has 48 heavy (non-hydrogen) atoms. The van der Waals surface area contributed by atoms with Crippen LogP contribution in [0.25, 0.3) is 17.0 Å². The molecular formula is C39H49N7O2. The Kier molecular flexibility index (Phi) is 13.1. The first-order valence-electron chi connectivity index (χ1n) is 16.8. The summed E-state index contributed by atoms with van der Waals surface area (Å²) in [6, 6.07) is 18.2. The number of anilines is 1. The lowest BCUT2D eigenvalue weighted by atomic mass is 9.78. The van der Waals surface area contributed by atoms with Gasteiger partial charge in [0.15, 0.2) is 5.82 Å². The third kappa shape index (κ3) is 9.67. The Morgan fingerprint density at radius 3 is 2.52 bits per heavy atom. The molecule has 4 aromatic rings. The minimum absolute atomic E-state index is 0.136. The van der Waals surface area contributed by atoms with Gasteiger partial charge in [0, 0.05) is 28.7 Å². The third-order valence-electron chi connectivity index (χ3n) is 8.80. The fourth-order valence-electron chi connectivity index (χ4n) is 6.31. The average Bonchev–Trinajstić information content (AvgIpc) is 3.58. The van der Waals surface area contributed by atoms with E-state index in [1.165, 1.54) is 16.7 Å². The fourth-order valence-corrected chi connectivity index (χ4v) is 6.31. The van der Waals surface area contributed by atoms with E-state index in [9.17, 15) is 9.59 Å². The smallest absolute Gasteiger partial charge is 0.230 e. The van der Waals surface area contributed by atoms with Crippen LogP contribution in [0.1, 0.15) is 93.2 Å². The molecule has 2 heterocycles. The number of rotatable bonds is 11. The van der Waals surface area contributed by atoms with Gasteiger partial charge in [-0.1, -0.05) is 69.7 Å². The average molecular weight is 648 g/mol. The highest BCUT2D eigenvalue weighted by Gasteiger charge is 2.26. The molecule has 2 amide bonds. The number of nitrogens with zero attached hydrogens (tertiary/aromatic N) is 2. The number of amides is 2. The van der Waals surface area contributed by atoms with E-state index in [1.807, 2.05) is 36.5 Å². The van der Waals surface area contributed by atoms with E-state index in [4.69, 9.17) is 11.5 Å². The summed E-state index contributed by atoms with van der Waals surface area (Å²) >= 11 is 0. The minimum Gasteiger partial charge on any atom is -0.402 e. The highest BCUT2D eigenvalue weighted by Crippen LogP contribution is 2.37. The van der Waals surface area contributed by atoms with E-state index in [2.05, 4.69) is 83.9 Å². The van der Waals surface area contributed by atoms with Gasteiger partial charge in [0.25, 0.3) is 0 Å². The van der Waals surface area contributed by atoms with Crippen molar-refractivity contribution in [3.63, 3.8) is 0 Å². The lowest BCUT2D eigenvalue weighted by Crippen LogP contribution is -2.22. The van der Waals surface area contributed by atoms with Gasteiger partial charge in [0.05, 0.1) is 12.1 Å². The zero-order chi connectivity index (χ0) is 34.5. The molecular weight excluding hydrogens is 598 g/mol. The largest absolute Gasteiger partial charge is 0.402 e. The van der Waals surface area contributed by atoms with Crippen LogP contribution >= 0.6 is 0 Å². The normalized spacial score (nSPS) is 16.9. The summed E-state index contributed by atoms with van der Waals surface area (Å²) in [6.07, 6.45) is 15.4.